The van der Waals surface area contributed by atoms with Crippen LogP contribution in [-0.2, 0) is 0 Å². The van der Waals surface area contributed by atoms with Crippen LogP contribution in [0, 0.1) is 11.3 Å². The molecule has 0 saturated carbocycles. The van der Waals surface area contributed by atoms with Crippen LogP contribution in [0.2, 0.25) is 0 Å². The fourth-order valence-corrected chi connectivity index (χ4v) is 0.657. The van der Waals surface area contributed by atoms with E-state index in [2.05, 4.69) is 46.8 Å². The normalized spacial score (nSPS) is 13.4. The first kappa shape index (κ1) is 9.74. The average molecular weight is 140 g/mol. The Kier molecular flexibility index (Phi) is 3.70. The second-order valence-electron chi connectivity index (χ2n) is 3.92. The molecule has 0 heterocycles. The molecule has 0 aromatic carbocycles. The van der Waals surface area contributed by atoms with E-state index in [1.54, 1.807) is 0 Å². The van der Waals surface area contributed by atoms with Crippen molar-refractivity contribution in [2.45, 2.75) is 41.0 Å². The van der Waals surface area contributed by atoms with Gasteiger partial charge in [0, 0.05) is 0 Å². The van der Waals surface area contributed by atoms with Gasteiger partial charge >= 0.3 is 0 Å². The van der Waals surface area contributed by atoms with Crippen LogP contribution >= 0.6 is 0 Å². The molecule has 0 spiro atoms. The molecule has 0 aromatic heterocycles. The van der Waals surface area contributed by atoms with Crippen molar-refractivity contribution in [3.63, 3.8) is 0 Å². The smallest absolute Gasteiger partial charge is 0.0297 e. The molecule has 0 saturated heterocycles. The van der Waals surface area contributed by atoms with E-state index in [0.717, 1.165) is 5.92 Å². The minimum atomic E-state index is 0.465. The van der Waals surface area contributed by atoms with Crippen molar-refractivity contribution in [3.05, 3.63) is 12.2 Å². The lowest BCUT2D eigenvalue weighted by Gasteiger charge is -2.27. The van der Waals surface area contributed by atoms with Crippen LogP contribution in [0.25, 0.3) is 0 Å². The van der Waals surface area contributed by atoms with E-state index in [9.17, 15) is 0 Å². The van der Waals surface area contributed by atoms with Crippen molar-refractivity contribution in [1.29, 1.82) is 0 Å². The van der Waals surface area contributed by atoms with E-state index >= 15 is 0 Å². The van der Waals surface area contributed by atoms with E-state index in [1.165, 1.54) is 6.42 Å². The van der Waals surface area contributed by atoms with E-state index in [-0.39, 0.29) is 0 Å². The summed E-state index contributed by atoms with van der Waals surface area (Å²) in [6, 6.07) is 0. The second kappa shape index (κ2) is 3.80. The summed E-state index contributed by atoms with van der Waals surface area (Å²) in [6.45, 7) is 11.3. The van der Waals surface area contributed by atoms with Gasteiger partial charge in [0.2, 0.25) is 0 Å². The van der Waals surface area contributed by atoms with Gasteiger partial charge in [-0.25, -0.2) is 0 Å². The molecule has 0 aliphatic heterocycles. The summed E-state index contributed by atoms with van der Waals surface area (Å²) < 4.78 is 0. The summed E-state index contributed by atoms with van der Waals surface area (Å²) in [5, 5.41) is 0. The molecule has 0 aromatic rings. The Hall–Kier alpha value is -0.260. The number of allylic oxidation sites excluding steroid dienone is 2. The first-order valence-electron chi connectivity index (χ1n) is 4.12. The molecule has 0 fully saturated rings. The van der Waals surface area contributed by atoms with Gasteiger partial charge in [0.05, 0.1) is 0 Å². The summed E-state index contributed by atoms with van der Waals surface area (Å²) in [5.41, 5.74) is 0.465. The molecule has 0 unspecified atom stereocenters. The number of rotatable bonds is 3. The highest BCUT2D eigenvalue weighted by Crippen LogP contribution is 2.30. The fourth-order valence-electron chi connectivity index (χ4n) is 0.657. The van der Waals surface area contributed by atoms with Crippen molar-refractivity contribution in [2.24, 2.45) is 11.3 Å². The predicted molar refractivity (Wildman–Crippen MR) is 48.1 cm³/mol. The largest absolute Gasteiger partial charge is 0.0916 e. The Bertz CT molecular complexity index is 107. The van der Waals surface area contributed by atoms with Crippen molar-refractivity contribution in [2.75, 3.05) is 0 Å². The van der Waals surface area contributed by atoms with Crippen LogP contribution in [-0.4, -0.2) is 0 Å². The van der Waals surface area contributed by atoms with Crippen LogP contribution in [0.4, 0.5) is 0 Å². The van der Waals surface area contributed by atoms with Gasteiger partial charge in [-0.15, -0.1) is 0 Å². The minimum Gasteiger partial charge on any atom is -0.0916 e. The molecule has 0 heteroatoms. The average Bonchev–Trinajstić information content (AvgIpc) is 1.84. The van der Waals surface area contributed by atoms with E-state index in [0.29, 0.717) is 5.41 Å². The third kappa shape index (κ3) is 3.05. The van der Waals surface area contributed by atoms with Gasteiger partial charge in [-0.1, -0.05) is 39.8 Å². The molecular weight excluding hydrogens is 120 g/mol. The predicted octanol–water partition coefficient (Wildman–Crippen LogP) is 3.63. The monoisotopic (exact) mass is 140 g/mol. The van der Waals surface area contributed by atoms with Crippen LogP contribution in [0.5, 0.6) is 0 Å². The zero-order chi connectivity index (χ0) is 8.20. The quantitative estimate of drug-likeness (QED) is 0.525. The topological polar surface area (TPSA) is 0 Å². The molecule has 0 aliphatic carbocycles. The molecule has 0 aliphatic rings. The van der Waals surface area contributed by atoms with Crippen molar-refractivity contribution >= 4 is 0 Å². The zero-order valence-electron chi connectivity index (χ0n) is 7.94. The zero-order valence-corrected chi connectivity index (χ0v) is 7.94. The maximum Gasteiger partial charge on any atom is -0.0297 e. The molecule has 0 radical (unpaired) electrons. The Balaban J connectivity index is 3.86. The van der Waals surface area contributed by atoms with Gasteiger partial charge in [0.25, 0.3) is 0 Å². The Morgan fingerprint density at radius 1 is 1.30 bits per heavy atom. The van der Waals surface area contributed by atoms with Crippen LogP contribution in [0.3, 0.4) is 0 Å². The molecular formula is C10H20. The second-order valence-corrected chi connectivity index (χ2v) is 3.92. The molecule has 0 bridgehead atoms. The van der Waals surface area contributed by atoms with E-state index < -0.39 is 0 Å². The SMILES string of the molecule is CC=CCC(C)(C)C(C)C. The summed E-state index contributed by atoms with van der Waals surface area (Å²) in [7, 11) is 0. The number of hydrogen-bond donors (Lipinski definition) is 0. The Morgan fingerprint density at radius 3 is 2.10 bits per heavy atom. The van der Waals surface area contributed by atoms with Gasteiger partial charge in [0.15, 0.2) is 0 Å². The van der Waals surface area contributed by atoms with Crippen LogP contribution < -0.4 is 0 Å². The lowest BCUT2D eigenvalue weighted by atomic mass is 9.78. The minimum absolute atomic E-state index is 0.465. The van der Waals surface area contributed by atoms with Gasteiger partial charge in [-0.3, -0.25) is 0 Å². The van der Waals surface area contributed by atoms with Gasteiger partial charge < -0.3 is 0 Å². The Morgan fingerprint density at radius 2 is 1.80 bits per heavy atom. The molecule has 0 N–H and O–H groups in total. The van der Waals surface area contributed by atoms with Gasteiger partial charge in [-0.2, -0.15) is 0 Å². The fraction of sp³-hybridized carbons (Fsp3) is 0.800. The summed E-state index contributed by atoms with van der Waals surface area (Å²) in [5.74, 6) is 0.767. The van der Waals surface area contributed by atoms with E-state index in [4.69, 9.17) is 0 Å². The van der Waals surface area contributed by atoms with Gasteiger partial charge in [0.1, 0.15) is 0 Å². The summed E-state index contributed by atoms with van der Waals surface area (Å²) in [6.07, 6.45) is 5.57. The maximum atomic E-state index is 2.32. The van der Waals surface area contributed by atoms with E-state index in [1.807, 2.05) is 0 Å². The molecule has 0 nitrogen and oxygen atoms in total. The first-order chi connectivity index (χ1) is 4.50. The highest BCUT2D eigenvalue weighted by molar-refractivity contribution is 4.86. The van der Waals surface area contributed by atoms with Crippen LogP contribution in [0.1, 0.15) is 41.0 Å². The summed E-state index contributed by atoms with van der Waals surface area (Å²) >= 11 is 0. The standard InChI is InChI=1S/C10H20/c1-6-7-8-10(4,5)9(2)3/h6-7,9H,8H2,1-5H3. The van der Waals surface area contributed by atoms with Crippen molar-refractivity contribution < 1.29 is 0 Å². The molecule has 10 heavy (non-hydrogen) atoms. The molecule has 60 valence electrons. The number of hydrogen-bond acceptors (Lipinski definition) is 0. The van der Waals surface area contributed by atoms with Crippen molar-refractivity contribution in [1.82, 2.24) is 0 Å². The van der Waals surface area contributed by atoms with Crippen molar-refractivity contribution in [3.8, 4) is 0 Å². The van der Waals surface area contributed by atoms with Gasteiger partial charge in [-0.05, 0) is 24.7 Å². The highest BCUT2D eigenvalue weighted by Gasteiger charge is 2.19. The Labute approximate surface area is 65.3 Å². The summed E-state index contributed by atoms with van der Waals surface area (Å²) in [4.78, 5) is 0. The lowest BCUT2D eigenvalue weighted by molar-refractivity contribution is 0.253. The maximum absolute atomic E-state index is 2.32. The first-order valence-corrected chi connectivity index (χ1v) is 4.12. The van der Waals surface area contributed by atoms with Crippen LogP contribution in [0.15, 0.2) is 12.2 Å². The third-order valence-corrected chi connectivity index (χ3v) is 2.44. The third-order valence-electron chi connectivity index (χ3n) is 2.44. The molecule has 0 rings (SSSR count). The highest BCUT2D eigenvalue weighted by atomic mass is 14.2. The lowest BCUT2D eigenvalue weighted by Crippen LogP contribution is -2.17. The molecule has 0 atom stereocenters. The molecule has 0 amide bonds.